The van der Waals surface area contributed by atoms with Crippen molar-refractivity contribution in [2.75, 3.05) is 42.1 Å². The smallest absolute Gasteiger partial charge is 0.367 e. The Labute approximate surface area is 245 Å². The van der Waals surface area contributed by atoms with Crippen molar-refractivity contribution in [3.63, 3.8) is 0 Å². The van der Waals surface area contributed by atoms with E-state index >= 15 is 0 Å². The summed E-state index contributed by atoms with van der Waals surface area (Å²) >= 11 is 6.17. The Morgan fingerprint density at radius 3 is 2.48 bits per heavy atom. The zero-order valence-corrected chi connectivity index (χ0v) is 24.2. The number of piperazine rings is 1. The predicted molar refractivity (Wildman–Crippen MR) is 149 cm³/mol. The Kier molecular flexibility index (Phi) is 11.1. The first kappa shape index (κ1) is 33.5. The topological polar surface area (TPSA) is 125 Å². The Hall–Kier alpha value is -3.01. The average Bonchev–Trinajstić information content (AvgIpc) is 2.88. The number of nitrogens with one attached hydrogen (secondary N) is 2. The Bertz CT molecular complexity index is 1410. The number of nitrogens with zero attached hydrogens (tertiary/aromatic N) is 2. The Morgan fingerprint density at radius 2 is 1.83 bits per heavy atom. The van der Waals surface area contributed by atoms with E-state index in [9.17, 15) is 40.0 Å². The van der Waals surface area contributed by atoms with Crippen LogP contribution in [0.2, 0.25) is 5.02 Å². The molecule has 0 spiro atoms. The maximum atomic E-state index is 14.9. The molecule has 1 atom stereocenters. The molecule has 2 aromatic carbocycles. The molecule has 1 fully saturated rings. The van der Waals surface area contributed by atoms with E-state index < -0.39 is 63.9 Å². The highest BCUT2D eigenvalue weighted by atomic mass is 35.5. The highest BCUT2D eigenvalue weighted by Crippen LogP contribution is 2.32. The molecule has 3 rings (SSSR count). The lowest BCUT2D eigenvalue weighted by molar-refractivity contribution is -0.139. The number of sulfonamides is 1. The maximum Gasteiger partial charge on any atom is 0.390 e. The minimum absolute atomic E-state index is 0.0417. The van der Waals surface area contributed by atoms with Gasteiger partial charge in [-0.15, -0.1) is 0 Å². The van der Waals surface area contributed by atoms with Gasteiger partial charge in [-0.1, -0.05) is 17.7 Å². The molecule has 232 valence electrons. The predicted octanol–water partition coefficient (Wildman–Crippen LogP) is 4.02. The van der Waals surface area contributed by atoms with E-state index in [0.717, 1.165) is 12.1 Å². The number of primary sulfonamides is 1. The molecule has 4 N–H and O–H groups in total. The lowest BCUT2D eigenvalue weighted by atomic mass is 10.1. The van der Waals surface area contributed by atoms with Crippen LogP contribution in [0.5, 0.6) is 0 Å². The monoisotopic (exact) mass is 639 g/mol. The van der Waals surface area contributed by atoms with Crippen LogP contribution in [0.15, 0.2) is 30.3 Å². The molecule has 1 saturated heterocycles. The summed E-state index contributed by atoms with van der Waals surface area (Å²) in [6.45, 7) is 2.27. The second-order valence-electron chi connectivity index (χ2n) is 9.96. The number of carbonyl (C=O) groups is 2. The molecule has 0 aromatic heterocycles. The molecule has 9 nitrogen and oxygen atoms in total. The maximum absolute atomic E-state index is 14.9. The van der Waals surface area contributed by atoms with Crippen molar-refractivity contribution in [1.29, 1.82) is 0 Å². The van der Waals surface area contributed by atoms with Crippen LogP contribution in [-0.2, 0) is 21.4 Å². The first-order valence-electron chi connectivity index (χ1n) is 12.9. The normalized spacial score (nSPS) is 16.4. The van der Waals surface area contributed by atoms with Gasteiger partial charge in [-0.05, 0) is 37.6 Å². The Balaban J connectivity index is 1.67. The number of benzene rings is 2. The number of amides is 2. The molecule has 0 radical (unpaired) electrons. The van der Waals surface area contributed by atoms with Gasteiger partial charge in [0.1, 0.15) is 0 Å². The van der Waals surface area contributed by atoms with Gasteiger partial charge in [0, 0.05) is 55.8 Å². The van der Waals surface area contributed by atoms with E-state index in [0.29, 0.717) is 30.3 Å². The minimum atomic E-state index is -4.26. The molecular weight excluding hydrogens is 609 g/mol. The SMILES string of the molecule is C[C@H]1CN(c2cc(Cl)ccc2NC(=O)c2ccc(CNC(=O)CCCS(N)(=O)=O)c(F)c2F)CCN1CCC(F)(F)F. The van der Waals surface area contributed by atoms with Crippen LogP contribution < -0.4 is 20.7 Å². The van der Waals surface area contributed by atoms with Crippen LogP contribution in [0.1, 0.15) is 42.1 Å². The van der Waals surface area contributed by atoms with Crippen LogP contribution in [0.25, 0.3) is 0 Å². The van der Waals surface area contributed by atoms with Gasteiger partial charge in [-0.3, -0.25) is 14.5 Å². The largest absolute Gasteiger partial charge is 0.390 e. The summed E-state index contributed by atoms with van der Waals surface area (Å²) in [6, 6.07) is 6.52. The van der Waals surface area contributed by atoms with Gasteiger partial charge in [-0.25, -0.2) is 22.3 Å². The van der Waals surface area contributed by atoms with Crippen molar-refractivity contribution in [2.24, 2.45) is 5.14 Å². The molecular formula is C26H31ClF5N5O4S. The molecule has 1 heterocycles. The zero-order chi connectivity index (χ0) is 31.2. The van der Waals surface area contributed by atoms with E-state index in [1.165, 1.54) is 12.1 Å². The second-order valence-corrected chi connectivity index (χ2v) is 12.1. The van der Waals surface area contributed by atoms with E-state index in [2.05, 4.69) is 10.6 Å². The zero-order valence-electron chi connectivity index (χ0n) is 22.6. The molecule has 0 bridgehead atoms. The highest BCUT2D eigenvalue weighted by Gasteiger charge is 2.31. The fraction of sp³-hybridized carbons (Fsp3) is 0.462. The highest BCUT2D eigenvalue weighted by molar-refractivity contribution is 7.89. The molecule has 0 unspecified atom stereocenters. The van der Waals surface area contributed by atoms with Crippen molar-refractivity contribution >= 4 is 44.8 Å². The summed E-state index contributed by atoms with van der Waals surface area (Å²) in [7, 11) is -3.73. The first-order valence-corrected chi connectivity index (χ1v) is 15.0. The van der Waals surface area contributed by atoms with Crippen molar-refractivity contribution in [3.05, 3.63) is 58.1 Å². The van der Waals surface area contributed by atoms with Crippen molar-refractivity contribution in [2.45, 2.75) is 44.9 Å². The molecule has 42 heavy (non-hydrogen) atoms. The van der Waals surface area contributed by atoms with Crippen LogP contribution in [0.3, 0.4) is 0 Å². The molecule has 2 amide bonds. The van der Waals surface area contributed by atoms with Gasteiger partial charge in [0.05, 0.1) is 29.1 Å². The molecule has 1 aliphatic heterocycles. The van der Waals surface area contributed by atoms with E-state index in [4.69, 9.17) is 16.7 Å². The number of alkyl halides is 3. The van der Waals surface area contributed by atoms with E-state index in [-0.39, 0.29) is 36.7 Å². The van der Waals surface area contributed by atoms with Crippen LogP contribution in [-0.4, -0.2) is 69.3 Å². The summed E-state index contributed by atoms with van der Waals surface area (Å²) in [5, 5.41) is 10.1. The standard InChI is InChI=1S/C26H31ClF5N5O4S/c1-16-15-37(11-10-36(16)9-8-26(30,31)32)21-13-18(27)5-7-20(21)35-25(39)19-6-4-17(23(28)24(19)29)14-34-22(38)3-2-12-42(33,40)41/h4-7,13,16H,2-3,8-12,14-15H2,1H3,(H,34,38)(H,35,39)(H2,33,40,41)/t16-/m0/s1. The van der Waals surface area contributed by atoms with Crippen LogP contribution in [0.4, 0.5) is 33.3 Å². The number of carbonyl (C=O) groups excluding carboxylic acids is 2. The van der Waals surface area contributed by atoms with E-state index in [1.807, 2.05) is 4.90 Å². The third-order valence-corrected chi connectivity index (χ3v) is 7.80. The van der Waals surface area contributed by atoms with Crippen LogP contribution in [0, 0.1) is 11.6 Å². The number of rotatable bonds is 11. The van der Waals surface area contributed by atoms with Gasteiger partial charge < -0.3 is 15.5 Å². The van der Waals surface area contributed by atoms with Gasteiger partial charge in [0.2, 0.25) is 15.9 Å². The van der Waals surface area contributed by atoms with Gasteiger partial charge in [0.25, 0.3) is 5.91 Å². The Morgan fingerprint density at radius 1 is 1.12 bits per heavy atom. The summed E-state index contributed by atoms with van der Waals surface area (Å²) in [6.07, 6.45) is -5.42. The molecule has 2 aromatic rings. The summed E-state index contributed by atoms with van der Waals surface area (Å²) < 4.78 is 89.6. The van der Waals surface area contributed by atoms with Gasteiger partial charge in [0.15, 0.2) is 11.6 Å². The lowest BCUT2D eigenvalue weighted by Crippen LogP contribution is -2.52. The summed E-state index contributed by atoms with van der Waals surface area (Å²) in [4.78, 5) is 28.4. The van der Waals surface area contributed by atoms with Crippen molar-refractivity contribution in [1.82, 2.24) is 10.2 Å². The number of anilines is 2. The third kappa shape index (κ3) is 9.78. The van der Waals surface area contributed by atoms with Crippen molar-refractivity contribution in [3.8, 4) is 0 Å². The average molecular weight is 640 g/mol. The van der Waals surface area contributed by atoms with Crippen molar-refractivity contribution < 1.29 is 40.0 Å². The summed E-state index contributed by atoms with van der Waals surface area (Å²) in [5.41, 5.74) is -0.104. The van der Waals surface area contributed by atoms with Gasteiger partial charge >= 0.3 is 6.18 Å². The fourth-order valence-corrected chi connectivity index (χ4v) is 5.21. The van der Waals surface area contributed by atoms with Crippen LogP contribution >= 0.6 is 11.6 Å². The minimum Gasteiger partial charge on any atom is -0.367 e. The number of hydrogen-bond donors (Lipinski definition) is 3. The summed E-state index contributed by atoms with van der Waals surface area (Å²) in [5.74, 6) is -4.72. The molecule has 16 heteroatoms. The van der Waals surface area contributed by atoms with E-state index in [1.54, 1.807) is 17.9 Å². The molecule has 1 aliphatic rings. The first-order chi connectivity index (χ1) is 19.5. The van der Waals surface area contributed by atoms with Gasteiger partial charge in [-0.2, -0.15) is 13.2 Å². The lowest BCUT2D eigenvalue weighted by Gasteiger charge is -2.41. The molecule has 0 aliphatic carbocycles. The second kappa shape index (κ2) is 14.0. The quantitative estimate of drug-likeness (QED) is 0.319. The number of nitrogens with two attached hydrogens (primary N) is 1. The number of hydrogen-bond acceptors (Lipinski definition) is 6. The third-order valence-electron chi connectivity index (χ3n) is 6.71. The molecule has 0 saturated carbocycles. The number of halogens is 6. The fourth-order valence-electron chi connectivity index (χ4n) is 4.50.